The zero-order valence-corrected chi connectivity index (χ0v) is 7.64. The molecule has 1 aliphatic heterocycles. The maximum absolute atomic E-state index is 12.4. The van der Waals surface area contributed by atoms with E-state index in [1.807, 2.05) is 0 Å². The normalized spacial score (nSPS) is 16.1. The average Bonchev–Trinajstić information content (AvgIpc) is 2.69. The molecule has 0 saturated carbocycles. The predicted molar refractivity (Wildman–Crippen MR) is 48.5 cm³/mol. The first-order chi connectivity index (χ1) is 7.07. The molecule has 0 aromatic heterocycles. The maximum Gasteiger partial charge on any atom is 0.416 e. The van der Waals surface area contributed by atoms with E-state index in [0.717, 1.165) is 12.1 Å². The summed E-state index contributed by atoms with van der Waals surface area (Å²) in [7, 11) is 0. The van der Waals surface area contributed by atoms with E-state index in [1.165, 1.54) is 6.07 Å². The molecule has 0 spiro atoms. The summed E-state index contributed by atoms with van der Waals surface area (Å²) >= 11 is 0. The van der Waals surface area contributed by atoms with Crippen molar-refractivity contribution in [2.24, 2.45) is 0 Å². The van der Waals surface area contributed by atoms with Gasteiger partial charge >= 0.3 is 6.18 Å². The molecule has 2 nitrogen and oxygen atoms in total. The van der Waals surface area contributed by atoms with Gasteiger partial charge in [-0.1, -0.05) is 12.1 Å². The highest BCUT2D eigenvalue weighted by Crippen LogP contribution is 2.30. The molecule has 1 aromatic rings. The maximum atomic E-state index is 12.4. The van der Waals surface area contributed by atoms with E-state index < -0.39 is 11.7 Å². The zero-order chi connectivity index (χ0) is 10.9. The number of hydrogen-bond donors (Lipinski definition) is 1. The summed E-state index contributed by atoms with van der Waals surface area (Å²) in [5, 5.41) is 0. The van der Waals surface area contributed by atoms with E-state index >= 15 is 0 Å². The molecule has 0 amide bonds. The standard InChI is InChI=1S/C10H8F3NO/c11-10(12,13)8-3-1-2-7(6-8)9-4-5-15-14-9/h1-4,6,14H,5H2. The SMILES string of the molecule is FC(F)(F)c1cccc(C2=CCON2)c1. The first-order valence-corrected chi connectivity index (χ1v) is 4.33. The Morgan fingerprint density at radius 1 is 1.27 bits per heavy atom. The van der Waals surface area contributed by atoms with Gasteiger partial charge in [-0.2, -0.15) is 13.2 Å². The van der Waals surface area contributed by atoms with Crippen LogP contribution in [0.5, 0.6) is 0 Å². The Hall–Kier alpha value is -1.49. The fraction of sp³-hybridized carbons (Fsp3) is 0.200. The van der Waals surface area contributed by atoms with Crippen molar-refractivity contribution in [3.8, 4) is 0 Å². The Morgan fingerprint density at radius 2 is 2.07 bits per heavy atom. The summed E-state index contributed by atoms with van der Waals surface area (Å²) < 4.78 is 37.2. The minimum Gasteiger partial charge on any atom is -0.272 e. The molecule has 80 valence electrons. The Bertz CT molecular complexity index is 398. The van der Waals surface area contributed by atoms with Crippen LogP contribution in [0.2, 0.25) is 0 Å². The summed E-state index contributed by atoms with van der Waals surface area (Å²) in [6.45, 7) is 0.367. The summed E-state index contributed by atoms with van der Waals surface area (Å²) in [5.41, 5.74) is 2.93. The molecular formula is C10H8F3NO. The minimum atomic E-state index is -4.31. The van der Waals surface area contributed by atoms with Crippen LogP contribution in [0.25, 0.3) is 5.70 Å². The van der Waals surface area contributed by atoms with Gasteiger partial charge in [-0.05, 0) is 18.2 Å². The Labute approximate surface area is 84.3 Å². The van der Waals surface area contributed by atoms with Crippen LogP contribution in [0.15, 0.2) is 30.3 Å². The number of hydroxylamine groups is 1. The molecule has 0 aliphatic carbocycles. The molecule has 15 heavy (non-hydrogen) atoms. The van der Waals surface area contributed by atoms with Crippen molar-refractivity contribution in [3.05, 3.63) is 41.5 Å². The first kappa shape index (κ1) is 10.0. The van der Waals surface area contributed by atoms with Crippen molar-refractivity contribution in [3.63, 3.8) is 0 Å². The third-order valence-electron chi connectivity index (χ3n) is 2.05. The van der Waals surface area contributed by atoms with E-state index in [4.69, 9.17) is 4.84 Å². The van der Waals surface area contributed by atoms with E-state index in [2.05, 4.69) is 5.48 Å². The van der Waals surface area contributed by atoms with Gasteiger partial charge in [0.05, 0.1) is 17.9 Å². The molecule has 1 aliphatic rings. The Balaban J connectivity index is 2.34. The molecule has 0 unspecified atom stereocenters. The zero-order valence-electron chi connectivity index (χ0n) is 7.64. The second kappa shape index (κ2) is 3.58. The van der Waals surface area contributed by atoms with Gasteiger partial charge in [-0.15, -0.1) is 0 Å². The van der Waals surface area contributed by atoms with Gasteiger partial charge in [0.25, 0.3) is 0 Å². The van der Waals surface area contributed by atoms with Crippen LogP contribution in [0, 0.1) is 0 Å². The molecule has 2 rings (SSSR count). The van der Waals surface area contributed by atoms with E-state index in [1.54, 1.807) is 12.1 Å². The molecule has 1 heterocycles. The summed E-state index contributed by atoms with van der Waals surface area (Å²) in [4.78, 5) is 4.81. The van der Waals surface area contributed by atoms with Crippen molar-refractivity contribution in [2.75, 3.05) is 6.61 Å². The quantitative estimate of drug-likeness (QED) is 0.777. The van der Waals surface area contributed by atoms with Crippen molar-refractivity contribution in [1.29, 1.82) is 0 Å². The molecule has 0 radical (unpaired) electrons. The van der Waals surface area contributed by atoms with Gasteiger partial charge in [-0.25, -0.2) is 0 Å². The van der Waals surface area contributed by atoms with Crippen LogP contribution in [-0.2, 0) is 11.0 Å². The van der Waals surface area contributed by atoms with Crippen molar-refractivity contribution in [1.82, 2.24) is 5.48 Å². The van der Waals surface area contributed by atoms with Gasteiger partial charge in [0.2, 0.25) is 0 Å². The van der Waals surface area contributed by atoms with E-state index in [-0.39, 0.29) is 0 Å². The lowest BCUT2D eigenvalue weighted by atomic mass is 10.1. The second-order valence-electron chi connectivity index (χ2n) is 3.11. The molecular weight excluding hydrogens is 207 g/mol. The molecule has 1 aromatic carbocycles. The lowest BCUT2D eigenvalue weighted by Gasteiger charge is -2.09. The van der Waals surface area contributed by atoms with Gasteiger partial charge in [0.1, 0.15) is 0 Å². The number of rotatable bonds is 1. The Morgan fingerprint density at radius 3 is 2.67 bits per heavy atom. The Kier molecular flexibility index (Phi) is 2.40. The third kappa shape index (κ3) is 2.12. The summed E-state index contributed by atoms with van der Waals surface area (Å²) in [6, 6.07) is 5.11. The van der Waals surface area contributed by atoms with Gasteiger partial charge in [0, 0.05) is 5.56 Å². The van der Waals surface area contributed by atoms with Crippen molar-refractivity contribution >= 4 is 5.70 Å². The fourth-order valence-corrected chi connectivity index (χ4v) is 1.33. The van der Waals surface area contributed by atoms with Gasteiger partial charge < -0.3 is 0 Å². The molecule has 0 atom stereocenters. The first-order valence-electron chi connectivity index (χ1n) is 4.33. The fourth-order valence-electron chi connectivity index (χ4n) is 1.33. The van der Waals surface area contributed by atoms with Gasteiger partial charge in [-0.3, -0.25) is 10.3 Å². The monoisotopic (exact) mass is 215 g/mol. The van der Waals surface area contributed by atoms with Gasteiger partial charge in [0.15, 0.2) is 0 Å². The van der Waals surface area contributed by atoms with Crippen LogP contribution in [0.3, 0.4) is 0 Å². The number of halogens is 3. The smallest absolute Gasteiger partial charge is 0.272 e. The van der Waals surface area contributed by atoms with Crippen LogP contribution in [0.4, 0.5) is 13.2 Å². The number of benzene rings is 1. The number of hydrogen-bond acceptors (Lipinski definition) is 2. The lowest BCUT2D eigenvalue weighted by molar-refractivity contribution is -0.137. The van der Waals surface area contributed by atoms with Crippen molar-refractivity contribution < 1.29 is 18.0 Å². The third-order valence-corrected chi connectivity index (χ3v) is 2.05. The van der Waals surface area contributed by atoms with E-state index in [0.29, 0.717) is 17.9 Å². The molecule has 5 heteroatoms. The van der Waals surface area contributed by atoms with Crippen LogP contribution >= 0.6 is 0 Å². The second-order valence-corrected chi connectivity index (χ2v) is 3.11. The average molecular weight is 215 g/mol. The number of alkyl halides is 3. The predicted octanol–water partition coefficient (Wildman–Crippen LogP) is 2.58. The topological polar surface area (TPSA) is 21.3 Å². The highest BCUT2D eigenvalue weighted by Gasteiger charge is 2.30. The highest BCUT2D eigenvalue weighted by atomic mass is 19.4. The van der Waals surface area contributed by atoms with Crippen LogP contribution in [-0.4, -0.2) is 6.61 Å². The molecule has 0 fully saturated rings. The van der Waals surface area contributed by atoms with E-state index in [9.17, 15) is 13.2 Å². The molecule has 0 saturated heterocycles. The summed E-state index contributed by atoms with van der Waals surface area (Å²) in [5.74, 6) is 0. The van der Waals surface area contributed by atoms with Crippen LogP contribution < -0.4 is 5.48 Å². The molecule has 0 bridgehead atoms. The minimum absolute atomic E-state index is 0.367. The largest absolute Gasteiger partial charge is 0.416 e. The molecule has 1 N–H and O–H groups in total. The van der Waals surface area contributed by atoms with Crippen LogP contribution in [0.1, 0.15) is 11.1 Å². The summed E-state index contributed by atoms with van der Waals surface area (Å²) in [6.07, 6.45) is -2.62. The lowest BCUT2D eigenvalue weighted by Crippen LogP contribution is -2.08. The number of nitrogens with one attached hydrogen (secondary N) is 1. The van der Waals surface area contributed by atoms with Crippen molar-refractivity contribution in [2.45, 2.75) is 6.18 Å². The highest BCUT2D eigenvalue weighted by molar-refractivity contribution is 5.64.